The topological polar surface area (TPSA) is 61.9 Å². The minimum Gasteiger partial charge on any atom is -0.497 e. The highest BCUT2D eigenvalue weighted by atomic mass is 16.5. The SMILES string of the molecule is CCN(CC(=O)Nc1ccc(OC)cc1)CC(=O)N(Cc1ccccc1)c1ccccc1. The maximum absolute atomic E-state index is 13.3. The Morgan fingerprint density at radius 1 is 0.844 bits per heavy atom. The van der Waals surface area contributed by atoms with Crippen LogP contribution in [0.3, 0.4) is 0 Å². The van der Waals surface area contributed by atoms with E-state index in [0.29, 0.717) is 18.8 Å². The van der Waals surface area contributed by atoms with Gasteiger partial charge in [-0.3, -0.25) is 14.5 Å². The van der Waals surface area contributed by atoms with Gasteiger partial charge in [0.2, 0.25) is 11.8 Å². The van der Waals surface area contributed by atoms with Crippen molar-refractivity contribution in [2.75, 3.05) is 37.0 Å². The van der Waals surface area contributed by atoms with Gasteiger partial charge in [0.05, 0.1) is 26.7 Å². The Labute approximate surface area is 189 Å². The van der Waals surface area contributed by atoms with Crippen LogP contribution in [0.15, 0.2) is 84.9 Å². The minimum atomic E-state index is -0.167. The summed E-state index contributed by atoms with van der Waals surface area (Å²) in [5, 5.41) is 2.87. The molecule has 0 atom stereocenters. The Bertz CT molecular complexity index is 992. The molecule has 0 saturated carbocycles. The summed E-state index contributed by atoms with van der Waals surface area (Å²) in [6, 6.07) is 26.7. The average molecular weight is 432 g/mol. The van der Waals surface area contributed by atoms with E-state index >= 15 is 0 Å². The molecule has 0 saturated heterocycles. The molecule has 2 amide bonds. The van der Waals surface area contributed by atoms with E-state index in [9.17, 15) is 9.59 Å². The maximum atomic E-state index is 13.3. The number of benzene rings is 3. The van der Waals surface area contributed by atoms with Crippen LogP contribution >= 0.6 is 0 Å². The standard InChI is InChI=1S/C26H29N3O3/c1-3-28(19-25(30)27-22-14-16-24(32-2)17-15-22)20-26(31)29(23-12-8-5-9-13-23)18-21-10-6-4-7-11-21/h4-17H,3,18-20H2,1-2H3,(H,27,30). The van der Waals surface area contributed by atoms with Crippen molar-refractivity contribution in [1.29, 1.82) is 0 Å². The Morgan fingerprint density at radius 3 is 2.06 bits per heavy atom. The zero-order valence-corrected chi connectivity index (χ0v) is 18.5. The number of carbonyl (C=O) groups is 2. The van der Waals surface area contributed by atoms with Gasteiger partial charge in [-0.1, -0.05) is 55.5 Å². The highest BCUT2D eigenvalue weighted by Crippen LogP contribution is 2.18. The predicted molar refractivity (Wildman–Crippen MR) is 128 cm³/mol. The van der Waals surface area contributed by atoms with Crippen molar-refractivity contribution in [2.45, 2.75) is 13.5 Å². The molecule has 32 heavy (non-hydrogen) atoms. The van der Waals surface area contributed by atoms with Crippen LogP contribution in [0.1, 0.15) is 12.5 Å². The fraction of sp³-hybridized carbons (Fsp3) is 0.231. The fourth-order valence-electron chi connectivity index (χ4n) is 3.33. The van der Waals surface area contributed by atoms with E-state index in [1.807, 2.05) is 72.5 Å². The van der Waals surface area contributed by atoms with Crippen molar-refractivity contribution in [3.63, 3.8) is 0 Å². The van der Waals surface area contributed by atoms with Crippen molar-refractivity contribution in [1.82, 2.24) is 4.90 Å². The van der Waals surface area contributed by atoms with Crippen LogP contribution in [0, 0.1) is 0 Å². The van der Waals surface area contributed by atoms with Gasteiger partial charge in [-0.25, -0.2) is 0 Å². The van der Waals surface area contributed by atoms with Gasteiger partial charge >= 0.3 is 0 Å². The molecule has 0 heterocycles. The Morgan fingerprint density at radius 2 is 1.47 bits per heavy atom. The molecule has 1 N–H and O–H groups in total. The number of hydrogen-bond donors (Lipinski definition) is 1. The average Bonchev–Trinajstić information content (AvgIpc) is 2.83. The maximum Gasteiger partial charge on any atom is 0.241 e. The number of carbonyl (C=O) groups excluding carboxylic acids is 2. The molecule has 0 spiro atoms. The molecule has 6 nitrogen and oxygen atoms in total. The first-order chi connectivity index (χ1) is 15.6. The number of para-hydroxylation sites is 1. The van der Waals surface area contributed by atoms with E-state index in [0.717, 1.165) is 17.0 Å². The van der Waals surface area contributed by atoms with E-state index in [-0.39, 0.29) is 24.9 Å². The highest BCUT2D eigenvalue weighted by Gasteiger charge is 2.20. The van der Waals surface area contributed by atoms with E-state index in [2.05, 4.69) is 5.32 Å². The third kappa shape index (κ3) is 6.68. The Hall–Kier alpha value is -3.64. The lowest BCUT2D eigenvalue weighted by Gasteiger charge is -2.27. The van der Waals surface area contributed by atoms with Crippen molar-refractivity contribution in [2.24, 2.45) is 0 Å². The summed E-state index contributed by atoms with van der Waals surface area (Å²) in [6.07, 6.45) is 0. The van der Waals surface area contributed by atoms with Crippen LogP contribution in [0.25, 0.3) is 0 Å². The van der Waals surface area contributed by atoms with Crippen LogP contribution in [-0.2, 0) is 16.1 Å². The normalized spacial score (nSPS) is 10.6. The van der Waals surface area contributed by atoms with Crippen LogP contribution in [0.5, 0.6) is 5.75 Å². The molecular weight excluding hydrogens is 402 g/mol. The molecule has 0 aliphatic carbocycles. The molecule has 0 aromatic heterocycles. The molecule has 0 unspecified atom stereocenters. The lowest BCUT2D eigenvalue weighted by Crippen LogP contribution is -2.43. The number of hydrogen-bond acceptors (Lipinski definition) is 4. The largest absolute Gasteiger partial charge is 0.497 e. The lowest BCUT2D eigenvalue weighted by molar-refractivity contribution is -0.121. The first-order valence-electron chi connectivity index (χ1n) is 10.6. The van der Waals surface area contributed by atoms with Crippen molar-refractivity contribution in [3.05, 3.63) is 90.5 Å². The van der Waals surface area contributed by atoms with E-state index < -0.39 is 0 Å². The molecule has 0 bridgehead atoms. The van der Waals surface area contributed by atoms with Crippen LogP contribution < -0.4 is 15.0 Å². The molecule has 3 aromatic carbocycles. The summed E-state index contributed by atoms with van der Waals surface area (Å²) in [4.78, 5) is 29.4. The summed E-state index contributed by atoms with van der Waals surface area (Å²) < 4.78 is 5.14. The van der Waals surface area contributed by atoms with E-state index in [4.69, 9.17) is 4.74 Å². The number of likely N-dealkylation sites (N-methyl/N-ethyl adjacent to an activating group) is 1. The van der Waals surface area contributed by atoms with Crippen molar-refractivity contribution >= 4 is 23.2 Å². The summed E-state index contributed by atoms with van der Waals surface area (Å²) in [5.41, 5.74) is 2.57. The molecule has 3 aromatic rings. The number of nitrogens with zero attached hydrogens (tertiary/aromatic N) is 2. The molecule has 166 valence electrons. The molecule has 3 rings (SSSR count). The van der Waals surface area contributed by atoms with Gasteiger partial charge < -0.3 is 15.0 Å². The molecule has 0 fully saturated rings. The Balaban J connectivity index is 1.65. The fourth-order valence-corrected chi connectivity index (χ4v) is 3.33. The molecule has 0 aliphatic rings. The smallest absolute Gasteiger partial charge is 0.241 e. The molecule has 0 aliphatic heterocycles. The molecule has 6 heteroatoms. The van der Waals surface area contributed by atoms with E-state index in [1.165, 1.54) is 0 Å². The van der Waals surface area contributed by atoms with Crippen LogP contribution in [0.4, 0.5) is 11.4 Å². The van der Waals surface area contributed by atoms with Gasteiger partial charge in [-0.15, -0.1) is 0 Å². The third-order valence-electron chi connectivity index (χ3n) is 5.10. The third-order valence-corrected chi connectivity index (χ3v) is 5.10. The second-order valence-electron chi connectivity index (χ2n) is 7.38. The monoisotopic (exact) mass is 431 g/mol. The lowest BCUT2D eigenvalue weighted by atomic mass is 10.2. The summed E-state index contributed by atoms with van der Waals surface area (Å²) in [6.45, 7) is 3.27. The summed E-state index contributed by atoms with van der Waals surface area (Å²) in [5.74, 6) is 0.501. The van der Waals surface area contributed by atoms with Gasteiger partial charge in [-0.2, -0.15) is 0 Å². The second-order valence-corrected chi connectivity index (χ2v) is 7.38. The zero-order chi connectivity index (χ0) is 22.8. The van der Waals surface area contributed by atoms with Gasteiger partial charge in [-0.05, 0) is 48.5 Å². The zero-order valence-electron chi connectivity index (χ0n) is 18.5. The summed E-state index contributed by atoms with van der Waals surface area (Å²) in [7, 11) is 1.60. The molecule has 0 radical (unpaired) electrons. The predicted octanol–water partition coefficient (Wildman–Crippen LogP) is 4.19. The van der Waals surface area contributed by atoms with Gasteiger partial charge in [0.1, 0.15) is 5.75 Å². The Kier molecular flexibility index (Phi) is 8.40. The first-order valence-corrected chi connectivity index (χ1v) is 10.6. The number of methoxy groups -OCH3 is 1. The van der Waals surface area contributed by atoms with Gasteiger partial charge in [0.25, 0.3) is 0 Å². The van der Waals surface area contributed by atoms with E-state index in [1.54, 1.807) is 36.3 Å². The number of nitrogens with one attached hydrogen (secondary N) is 1. The van der Waals surface area contributed by atoms with Crippen LogP contribution in [-0.4, -0.2) is 43.5 Å². The minimum absolute atomic E-state index is 0.0563. The van der Waals surface area contributed by atoms with Crippen molar-refractivity contribution in [3.8, 4) is 5.75 Å². The van der Waals surface area contributed by atoms with Gasteiger partial charge in [0.15, 0.2) is 0 Å². The number of rotatable bonds is 10. The number of anilines is 2. The van der Waals surface area contributed by atoms with Gasteiger partial charge in [0, 0.05) is 11.4 Å². The summed E-state index contributed by atoms with van der Waals surface area (Å²) >= 11 is 0. The number of amides is 2. The first kappa shape index (κ1) is 23.0. The quantitative estimate of drug-likeness (QED) is 0.523. The molecular formula is C26H29N3O3. The number of ether oxygens (including phenoxy) is 1. The second kappa shape index (κ2) is 11.7. The van der Waals surface area contributed by atoms with Crippen molar-refractivity contribution < 1.29 is 14.3 Å². The van der Waals surface area contributed by atoms with Crippen LogP contribution in [0.2, 0.25) is 0 Å². The highest BCUT2D eigenvalue weighted by molar-refractivity contribution is 5.96.